The molecule has 0 bridgehead atoms. The minimum Gasteiger partial charge on any atom is -0.466 e. The molecule has 3 heterocycles. The van der Waals surface area contributed by atoms with Gasteiger partial charge in [-0.2, -0.15) is 0 Å². The monoisotopic (exact) mass is 411 g/mol. The van der Waals surface area contributed by atoms with Gasteiger partial charge in [-0.15, -0.1) is 0 Å². The molecule has 0 spiro atoms. The molecule has 0 saturated heterocycles. The summed E-state index contributed by atoms with van der Waals surface area (Å²) in [5.74, 6) is 1.57. The second kappa shape index (κ2) is 7.84. The summed E-state index contributed by atoms with van der Waals surface area (Å²) in [5.41, 5.74) is 6.37. The normalized spacial score (nSPS) is 11.3. The average Bonchev–Trinajstić information content (AvgIpc) is 3.30. The standard InChI is InChI=1S/C26H22FN3O/c1-17-11-23(31-18(17)2)14-22-15-30-16-25(20-8-4-3-5-9-20)29-24(26(30)28-22)13-19-7-6-10-21(27)12-19/h3-12,15-16H,13-14H2,1-2H3. The van der Waals surface area contributed by atoms with E-state index in [-0.39, 0.29) is 5.82 Å². The Balaban J connectivity index is 1.60. The highest BCUT2D eigenvalue weighted by molar-refractivity contribution is 5.62. The van der Waals surface area contributed by atoms with Crippen molar-refractivity contribution in [1.82, 2.24) is 14.4 Å². The number of halogens is 1. The molecule has 4 nitrogen and oxygen atoms in total. The molecule has 0 aliphatic heterocycles. The third-order valence-electron chi connectivity index (χ3n) is 5.46. The lowest BCUT2D eigenvalue weighted by Crippen LogP contribution is -2.01. The lowest BCUT2D eigenvalue weighted by Gasteiger charge is -2.08. The van der Waals surface area contributed by atoms with Gasteiger partial charge < -0.3 is 8.82 Å². The SMILES string of the molecule is Cc1cc(Cc2cn3cc(-c4ccccc4)nc(Cc4cccc(F)c4)c3n2)oc1C. The molecule has 0 atom stereocenters. The molecule has 5 heteroatoms. The van der Waals surface area contributed by atoms with Crippen molar-refractivity contribution in [1.29, 1.82) is 0 Å². The van der Waals surface area contributed by atoms with Gasteiger partial charge in [0.1, 0.15) is 17.3 Å². The summed E-state index contributed by atoms with van der Waals surface area (Å²) in [7, 11) is 0. The van der Waals surface area contributed by atoms with Crippen LogP contribution in [-0.4, -0.2) is 14.4 Å². The Morgan fingerprint density at radius 3 is 2.48 bits per heavy atom. The molecule has 5 rings (SSSR count). The Morgan fingerprint density at radius 1 is 0.903 bits per heavy atom. The summed E-state index contributed by atoms with van der Waals surface area (Å²) in [5, 5.41) is 0. The zero-order valence-electron chi connectivity index (χ0n) is 17.5. The van der Waals surface area contributed by atoms with Crippen LogP contribution in [0.25, 0.3) is 16.9 Å². The van der Waals surface area contributed by atoms with Crippen molar-refractivity contribution in [3.05, 3.63) is 113 Å². The van der Waals surface area contributed by atoms with Crippen molar-refractivity contribution in [2.45, 2.75) is 26.7 Å². The maximum absolute atomic E-state index is 13.8. The third kappa shape index (κ3) is 3.99. The fourth-order valence-corrected chi connectivity index (χ4v) is 3.82. The maximum Gasteiger partial charge on any atom is 0.159 e. The molecule has 0 amide bonds. The van der Waals surface area contributed by atoms with Gasteiger partial charge >= 0.3 is 0 Å². The van der Waals surface area contributed by atoms with Gasteiger partial charge in [0.2, 0.25) is 0 Å². The average molecular weight is 411 g/mol. The van der Waals surface area contributed by atoms with Crippen molar-refractivity contribution in [2.24, 2.45) is 0 Å². The number of hydrogen-bond donors (Lipinski definition) is 0. The predicted octanol–water partition coefficient (Wildman–Crippen LogP) is 5.93. The van der Waals surface area contributed by atoms with Gasteiger partial charge in [-0.1, -0.05) is 42.5 Å². The van der Waals surface area contributed by atoms with E-state index in [0.717, 1.165) is 50.9 Å². The first-order valence-electron chi connectivity index (χ1n) is 10.3. The lowest BCUT2D eigenvalue weighted by molar-refractivity contribution is 0.490. The molecule has 2 aromatic carbocycles. The number of benzene rings is 2. The predicted molar refractivity (Wildman–Crippen MR) is 119 cm³/mol. The summed E-state index contributed by atoms with van der Waals surface area (Å²) in [6.07, 6.45) is 5.12. The van der Waals surface area contributed by atoms with Gasteiger partial charge in [-0.25, -0.2) is 14.4 Å². The van der Waals surface area contributed by atoms with Crippen molar-refractivity contribution in [2.75, 3.05) is 0 Å². The quantitative estimate of drug-likeness (QED) is 0.360. The van der Waals surface area contributed by atoms with E-state index < -0.39 is 0 Å². The Labute approximate surface area is 180 Å². The van der Waals surface area contributed by atoms with Crippen LogP contribution in [0.4, 0.5) is 4.39 Å². The van der Waals surface area contributed by atoms with Crippen LogP contribution in [-0.2, 0) is 12.8 Å². The van der Waals surface area contributed by atoms with Crippen LogP contribution < -0.4 is 0 Å². The Morgan fingerprint density at radius 2 is 1.74 bits per heavy atom. The molecule has 154 valence electrons. The zero-order chi connectivity index (χ0) is 21.4. The fourth-order valence-electron chi connectivity index (χ4n) is 3.82. The molecule has 0 radical (unpaired) electrons. The van der Waals surface area contributed by atoms with E-state index in [1.165, 1.54) is 6.07 Å². The second-order valence-corrected chi connectivity index (χ2v) is 7.84. The molecule has 3 aromatic heterocycles. The van der Waals surface area contributed by atoms with Gasteiger partial charge in [0.05, 0.1) is 17.1 Å². The first-order chi connectivity index (χ1) is 15.0. The molecule has 0 aliphatic rings. The van der Waals surface area contributed by atoms with Crippen LogP contribution in [0.1, 0.15) is 34.0 Å². The van der Waals surface area contributed by atoms with Crippen LogP contribution in [0.15, 0.2) is 77.5 Å². The van der Waals surface area contributed by atoms with Gasteiger partial charge in [-0.05, 0) is 43.2 Å². The highest BCUT2D eigenvalue weighted by Gasteiger charge is 2.14. The van der Waals surface area contributed by atoms with Crippen molar-refractivity contribution in [3.8, 4) is 11.3 Å². The summed E-state index contributed by atoms with van der Waals surface area (Å²) in [6.45, 7) is 4.01. The molecule has 0 N–H and O–H groups in total. The molecule has 0 unspecified atom stereocenters. The number of rotatable bonds is 5. The van der Waals surface area contributed by atoms with E-state index >= 15 is 0 Å². The number of nitrogens with zero attached hydrogens (tertiary/aromatic N) is 3. The summed E-state index contributed by atoms with van der Waals surface area (Å²) < 4.78 is 21.6. The number of imidazole rings is 1. The Bertz CT molecular complexity index is 1350. The molecule has 31 heavy (non-hydrogen) atoms. The van der Waals surface area contributed by atoms with Crippen LogP contribution in [0.2, 0.25) is 0 Å². The van der Waals surface area contributed by atoms with Crippen LogP contribution in [0.3, 0.4) is 0 Å². The molecular formula is C26H22FN3O. The fraction of sp³-hybridized carbons (Fsp3) is 0.154. The topological polar surface area (TPSA) is 43.3 Å². The number of fused-ring (bicyclic) bond motifs is 1. The van der Waals surface area contributed by atoms with Crippen LogP contribution in [0, 0.1) is 19.7 Å². The zero-order valence-corrected chi connectivity index (χ0v) is 17.5. The van der Waals surface area contributed by atoms with Gasteiger partial charge in [0.15, 0.2) is 5.65 Å². The molecule has 0 saturated carbocycles. The number of furan rings is 1. The van der Waals surface area contributed by atoms with Crippen LogP contribution >= 0.6 is 0 Å². The van der Waals surface area contributed by atoms with Gasteiger partial charge in [-0.3, -0.25) is 0 Å². The smallest absolute Gasteiger partial charge is 0.159 e. The summed E-state index contributed by atoms with van der Waals surface area (Å²) in [6, 6.07) is 18.7. The highest BCUT2D eigenvalue weighted by Crippen LogP contribution is 2.23. The van der Waals surface area contributed by atoms with Gasteiger partial charge in [0.25, 0.3) is 0 Å². The van der Waals surface area contributed by atoms with Crippen molar-refractivity contribution < 1.29 is 8.81 Å². The largest absolute Gasteiger partial charge is 0.466 e. The lowest BCUT2D eigenvalue weighted by atomic mass is 10.1. The van der Waals surface area contributed by atoms with Crippen molar-refractivity contribution >= 4 is 5.65 Å². The number of aryl methyl sites for hydroxylation is 2. The molecule has 0 fully saturated rings. The number of aromatic nitrogens is 3. The summed E-state index contributed by atoms with van der Waals surface area (Å²) >= 11 is 0. The Hall–Kier alpha value is -3.73. The minimum absolute atomic E-state index is 0.250. The Kier molecular flexibility index (Phi) is 4.86. The van der Waals surface area contributed by atoms with Gasteiger partial charge in [0, 0.05) is 30.8 Å². The van der Waals surface area contributed by atoms with E-state index in [1.807, 2.05) is 67.0 Å². The molecule has 0 aliphatic carbocycles. The maximum atomic E-state index is 13.8. The van der Waals surface area contributed by atoms with E-state index in [4.69, 9.17) is 14.4 Å². The highest BCUT2D eigenvalue weighted by atomic mass is 19.1. The van der Waals surface area contributed by atoms with E-state index in [9.17, 15) is 4.39 Å². The third-order valence-corrected chi connectivity index (χ3v) is 5.46. The molecular weight excluding hydrogens is 389 g/mol. The van der Waals surface area contributed by atoms with Crippen molar-refractivity contribution in [3.63, 3.8) is 0 Å². The summed E-state index contributed by atoms with van der Waals surface area (Å²) in [4.78, 5) is 9.75. The van der Waals surface area contributed by atoms with E-state index in [0.29, 0.717) is 12.8 Å². The van der Waals surface area contributed by atoms with E-state index in [2.05, 4.69) is 6.07 Å². The second-order valence-electron chi connectivity index (χ2n) is 7.84. The minimum atomic E-state index is -0.250. The first-order valence-corrected chi connectivity index (χ1v) is 10.3. The first kappa shape index (κ1) is 19.2. The molecule has 5 aromatic rings. The number of hydrogen-bond acceptors (Lipinski definition) is 3. The van der Waals surface area contributed by atoms with Crippen LogP contribution in [0.5, 0.6) is 0 Å². The van der Waals surface area contributed by atoms with E-state index in [1.54, 1.807) is 12.1 Å².